The van der Waals surface area contributed by atoms with Gasteiger partial charge in [0.2, 0.25) is 0 Å². The zero-order valence-corrected chi connectivity index (χ0v) is 11.4. The molecule has 1 aromatic rings. The van der Waals surface area contributed by atoms with Gasteiger partial charge < -0.3 is 15.7 Å². The first-order valence-electron chi connectivity index (χ1n) is 6.04. The van der Waals surface area contributed by atoms with E-state index in [1.54, 1.807) is 6.07 Å². The van der Waals surface area contributed by atoms with Crippen LogP contribution in [0, 0.1) is 19.8 Å². The first-order chi connectivity index (χ1) is 8.45. The maximum atomic E-state index is 8.80. The molecule has 1 rings (SSSR count). The zero-order valence-electron chi connectivity index (χ0n) is 11.4. The van der Waals surface area contributed by atoms with Crippen molar-refractivity contribution in [2.75, 3.05) is 6.61 Å². The second-order valence-electron chi connectivity index (χ2n) is 4.74. The van der Waals surface area contributed by atoms with Gasteiger partial charge in [-0.15, -0.1) is 0 Å². The number of aromatic nitrogens is 1. The third kappa shape index (κ3) is 3.61. The van der Waals surface area contributed by atoms with Gasteiger partial charge >= 0.3 is 0 Å². The second kappa shape index (κ2) is 6.23. The van der Waals surface area contributed by atoms with Crippen LogP contribution in [0.25, 0.3) is 0 Å². The Morgan fingerprint density at radius 2 is 2.17 bits per heavy atom. The lowest BCUT2D eigenvalue weighted by molar-refractivity contribution is 0.287. The smallest absolute Gasteiger partial charge is 0.175 e. The Kier molecular flexibility index (Phi) is 4.95. The summed E-state index contributed by atoms with van der Waals surface area (Å²) in [6.45, 7) is 8.58. The molecule has 18 heavy (non-hydrogen) atoms. The van der Waals surface area contributed by atoms with Gasteiger partial charge in [-0.25, -0.2) is 0 Å². The van der Waals surface area contributed by atoms with Crippen molar-refractivity contribution in [1.29, 1.82) is 0 Å². The number of nitrogens with two attached hydrogens (primary N) is 1. The molecule has 3 N–H and O–H groups in total. The molecule has 5 nitrogen and oxygen atoms in total. The predicted octanol–water partition coefficient (Wildman–Crippen LogP) is 2.22. The highest BCUT2D eigenvalue weighted by molar-refractivity contribution is 6.00. The van der Waals surface area contributed by atoms with Gasteiger partial charge in [-0.3, -0.25) is 4.98 Å². The normalized spacial score (nSPS) is 11.9. The molecule has 0 aliphatic heterocycles. The van der Waals surface area contributed by atoms with Crippen molar-refractivity contribution in [3.05, 3.63) is 23.0 Å². The maximum Gasteiger partial charge on any atom is 0.175 e. The van der Waals surface area contributed by atoms with Crippen molar-refractivity contribution in [3.63, 3.8) is 0 Å². The van der Waals surface area contributed by atoms with E-state index in [-0.39, 0.29) is 5.84 Å². The van der Waals surface area contributed by atoms with Crippen molar-refractivity contribution in [1.82, 2.24) is 4.98 Å². The van der Waals surface area contributed by atoms with Gasteiger partial charge in [0.25, 0.3) is 0 Å². The second-order valence-corrected chi connectivity index (χ2v) is 4.74. The minimum atomic E-state index is 0.0274. The molecule has 0 saturated heterocycles. The molecule has 5 heteroatoms. The highest BCUT2D eigenvalue weighted by Crippen LogP contribution is 2.22. The van der Waals surface area contributed by atoms with Crippen LogP contribution in [0.1, 0.15) is 37.2 Å². The molecule has 1 aromatic heterocycles. The van der Waals surface area contributed by atoms with Crippen LogP contribution >= 0.6 is 0 Å². The van der Waals surface area contributed by atoms with Crippen LogP contribution < -0.4 is 10.5 Å². The van der Waals surface area contributed by atoms with Gasteiger partial charge in [-0.1, -0.05) is 19.0 Å². The Morgan fingerprint density at radius 3 is 2.72 bits per heavy atom. The molecule has 0 bridgehead atoms. The molecule has 1 heterocycles. The van der Waals surface area contributed by atoms with E-state index in [1.165, 1.54) is 0 Å². The van der Waals surface area contributed by atoms with Gasteiger partial charge in [0.15, 0.2) is 5.84 Å². The number of hydrogen-bond acceptors (Lipinski definition) is 4. The molecule has 0 amide bonds. The molecule has 0 unspecified atom stereocenters. The fourth-order valence-electron chi connectivity index (χ4n) is 1.67. The van der Waals surface area contributed by atoms with E-state index < -0.39 is 0 Å². The van der Waals surface area contributed by atoms with Crippen LogP contribution in [0.5, 0.6) is 5.75 Å². The minimum absolute atomic E-state index is 0.0274. The van der Waals surface area contributed by atoms with E-state index in [2.05, 4.69) is 24.0 Å². The molecular formula is C13H21N3O2. The molecule has 0 radical (unpaired) electrons. The van der Waals surface area contributed by atoms with Crippen LogP contribution in [-0.2, 0) is 0 Å². The fourth-order valence-corrected chi connectivity index (χ4v) is 1.67. The fraction of sp³-hybridized carbons (Fsp3) is 0.538. The first kappa shape index (κ1) is 14.3. The summed E-state index contributed by atoms with van der Waals surface area (Å²) in [6.07, 6.45) is 0.954. The van der Waals surface area contributed by atoms with Gasteiger partial charge in [0.05, 0.1) is 17.9 Å². The van der Waals surface area contributed by atoms with Gasteiger partial charge in [0, 0.05) is 11.8 Å². The zero-order chi connectivity index (χ0) is 13.7. The van der Waals surface area contributed by atoms with E-state index >= 15 is 0 Å². The lowest BCUT2D eigenvalue weighted by Gasteiger charge is -2.14. The number of ether oxygens (including phenoxy) is 1. The summed E-state index contributed by atoms with van der Waals surface area (Å²) in [6, 6.07) is 1.81. The van der Waals surface area contributed by atoms with Crippen LogP contribution in [0.2, 0.25) is 0 Å². The Morgan fingerprint density at radius 1 is 1.50 bits per heavy atom. The molecule has 0 saturated carbocycles. The van der Waals surface area contributed by atoms with Gasteiger partial charge in [-0.2, -0.15) is 0 Å². The van der Waals surface area contributed by atoms with Crippen LogP contribution in [0.3, 0.4) is 0 Å². The lowest BCUT2D eigenvalue weighted by atomic mass is 10.1. The molecular weight excluding hydrogens is 230 g/mol. The monoisotopic (exact) mass is 251 g/mol. The maximum absolute atomic E-state index is 8.80. The molecule has 0 spiro atoms. The predicted molar refractivity (Wildman–Crippen MR) is 71.2 cm³/mol. The largest absolute Gasteiger partial charge is 0.493 e. The summed E-state index contributed by atoms with van der Waals surface area (Å²) >= 11 is 0. The highest BCUT2D eigenvalue weighted by atomic mass is 16.5. The van der Waals surface area contributed by atoms with E-state index in [0.29, 0.717) is 29.5 Å². The van der Waals surface area contributed by atoms with E-state index in [9.17, 15) is 0 Å². The average Bonchev–Trinajstić information content (AvgIpc) is 2.27. The summed E-state index contributed by atoms with van der Waals surface area (Å²) in [7, 11) is 0. The summed E-state index contributed by atoms with van der Waals surface area (Å²) in [5, 5.41) is 11.8. The van der Waals surface area contributed by atoms with Crippen LogP contribution in [0.15, 0.2) is 11.2 Å². The molecule has 100 valence electrons. The number of amidine groups is 1. The van der Waals surface area contributed by atoms with Crippen LogP contribution in [0.4, 0.5) is 0 Å². The van der Waals surface area contributed by atoms with Gasteiger partial charge in [-0.05, 0) is 26.2 Å². The third-order valence-electron chi connectivity index (χ3n) is 2.61. The minimum Gasteiger partial charge on any atom is -0.493 e. The molecule has 0 fully saturated rings. The van der Waals surface area contributed by atoms with Crippen molar-refractivity contribution >= 4 is 5.84 Å². The summed E-state index contributed by atoms with van der Waals surface area (Å²) in [5.41, 5.74) is 7.77. The first-order valence-corrected chi connectivity index (χ1v) is 6.04. The number of aryl methyl sites for hydroxylation is 2. The summed E-state index contributed by atoms with van der Waals surface area (Å²) in [5.74, 6) is 1.22. The number of rotatable bonds is 5. The summed E-state index contributed by atoms with van der Waals surface area (Å²) in [4.78, 5) is 4.29. The number of hydrogen-bond donors (Lipinski definition) is 2. The molecule has 0 aromatic carbocycles. The Hall–Kier alpha value is -1.78. The van der Waals surface area contributed by atoms with E-state index in [4.69, 9.17) is 15.7 Å². The molecule has 0 aliphatic rings. The standard InChI is InChI=1S/C13H21N3O2/c1-8(2)5-6-18-11-7-9(3)15-10(4)12(11)13(14)16-17/h7-8,17H,5-6H2,1-4H3,(H2,14,16). The van der Waals surface area contributed by atoms with Crippen molar-refractivity contribution < 1.29 is 9.94 Å². The summed E-state index contributed by atoms with van der Waals surface area (Å²) < 4.78 is 5.72. The molecule has 0 aliphatic carbocycles. The van der Waals surface area contributed by atoms with Gasteiger partial charge in [0.1, 0.15) is 5.75 Å². The number of nitrogens with zero attached hydrogens (tertiary/aromatic N) is 2. The number of pyridine rings is 1. The lowest BCUT2D eigenvalue weighted by Crippen LogP contribution is -2.18. The molecule has 0 atom stereocenters. The van der Waals surface area contributed by atoms with E-state index in [1.807, 2.05) is 13.8 Å². The quantitative estimate of drug-likeness (QED) is 0.364. The highest BCUT2D eigenvalue weighted by Gasteiger charge is 2.14. The Bertz CT molecular complexity index is 442. The average molecular weight is 251 g/mol. The Balaban J connectivity index is 3.00. The SMILES string of the molecule is Cc1cc(OCCC(C)C)c(/C(N)=N/O)c(C)n1. The number of oxime groups is 1. The third-order valence-corrected chi connectivity index (χ3v) is 2.61. The topological polar surface area (TPSA) is 80.7 Å². The van der Waals surface area contributed by atoms with Crippen molar-refractivity contribution in [3.8, 4) is 5.75 Å². The van der Waals surface area contributed by atoms with Crippen molar-refractivity contribution in [2.24, 2.45) is 16.8 Å². The van der Waals surface area contributed by atoms with Crippen LogP contribution in [-0.4, -0.2) is 22.6 Å². The van der Waals surface area contributed by atoms with E-state index in [0.717, 1.165) is 12.1 Å². The Labute approximate surface area is 108 Å². The van der Waals surface area contributed by atoms with Crippen molar-refractivity contribution in [2.45, 2.75) is 34.1 Å².